The molecule has 34 heavy (non-hydrogen) atoms. The van der Waals surface area contributed by atoms with Gasteiger partial charge in [0.15, 0.2) is 0 Å². The Morgan fingerprint density at radius 1 is 0.971 bits per heavy atom. The predicted molar refractivity (Wildman–Crippen MR) is 142 cm³/mol. The number of hydrogen-bond acceptors (Lipinski definition) is 2. The summed E-state index contributed by atoms with van der Waals surface area (Å²) in [7, 11) is 0. The van der Waals surface area contributed by atoms with E-state index in [1.807, 2.05) is 11.1 Å². The van der Waals surface area contributed by atoms with E-state index in [1.54, 1.807) is 6.92 Å². The number of esters is 1. The highest BCUT2D eigenvalue weighted by atomic mass is 16.5. The second kappa shape index (κ2) is 8.81. The molecule has 2 fully saturated rings. The van der Waals surface area contributed by atoms with Crippen molar-refractivity contribution < 1.29 is 9.53 Å². The van der Waals surface area contributed by atoms with Crippen LogP contribution in [0.3, 0.4) is 0 Å². The van der Waals surface area contributed by atoms with Crippen molar-refractivity contribution in [2.75, 3.05) is 0 Å². The average Bonchev–Trinajstić information content (AvgIpc) is 3.01. The Kier molecular flexibility index (Phi) is 6.74. The van der Waals surface area contributed by atoms with E-state index in [2.05, 4.69) is 61.5 Å². The summed E-state index contributed by atoms with van der Waals surface area (Å²) in [6.45, 7) is 21.2. The fraction of sp³-hybridized carbons (Fsp3) is 0.844. The van der Waals surface area contributed by atoms with Crippen LogP contribution in [-0.2, 0) is 9.53 Å². The Morgan fingerprint density at radius 3 is 2.32 bits per heavy atom. The van der Waals surface area contributed by atoms with E-state index in [1.165, 1.54) is 63.4 Å². The first-order valence-corrected chi connectivity index (χ1v) is 14.3. The Hall–Kier alpha value is -1.05. The summed E-state index contributed by atoms with van der Waals surface area (Å²) < 4.78 is 5.87. The van der Waals surface area contributed by atoms with E-state index in [-0.39, 0.29) is 22.9 Å². The predicted octanol–water partition coefficient (Wildman–Crippen LogP) is 9.05. The molecule has 192 valence electrons. The van der Waals surface area contributed by atoms with Crippen LogP contribution in [-0.4, -0.2) is 12.1 Å². The van der Waals surface area contributed by atoms with E-state index in [0.717, 1.165) is 18.3 Å². The summed E-state index contributed by atoms with van der Waals surface area (Å²) in [5, 5.41) is 0. The minimum atomic E-state index is -0.117. The number of ether oxygens (including phenoxy) is 1. The summed E-state index contributed by atoms with van der Waals surface area (Å²) in [6, 6.07) is 0. The van der Waals surface area contributed by atoms with Crippen LogP contribution in [0.5, 0.6) is 0 Å². The van der Waals surface area contributed by atoms with Crippen LogP contribution in [0, 0.1) is 39.4 Å². The van der Waals surface area contributed by atoms with Crippen LogP contribution in [0.25, 0.3) is 0 Å². The van der Waals surface area contributed by atoms with Crippen molar-refractivity contribution >= 4 is 5.97 Å². The first-order chi connectivity index (χ1) is 15.8. The number of fused-ring (bicyclic) bond motifs is 4. The van der Waals surface area contributed by atoms with E-state index in [0.29, 0.717) is 16.7 Å². The quantitative estimate of drug-likeness (QED) is 0.297. The summed E-state index contributed by atoms with van der Waals surface area (Å²) in [5.41, 5.74) is 6.25. The highest BCUT2D eigenvalue weighted by molar-refractivity contribution is 5.66. The number of hydrogen-bond donors (Lipinski definition) is 0. The molecule has 0 N–H and O–H groups in total. The molecule has 7 atom stereocenters. The third kappa shape index (κ3) is 3.85. The Morgan fingerprint density at radius 2 is 1.68 bits per heavy atom. The lowest BCUT2D eigenvalue weighted by Crippen LogP contribution is -2.55. The smallest absolute Gasteiger partial charge is 0.302 e. The van der Waals surface area contributed by atoms with Crippen LogP contribution >= 0.6 is 0 Å². The SMILES string of the molecule is CC(=O)O[C@H]1CC[C@@]2(C)C3=C(CC[C@@H]2C1(C)C)[C@]1(C)CC[C@H]([C@H](C)CCC=C(C)C)[C@@]1(C)CC3. The lowest BCUT2D eigenvalue weighted by atomic mass is 9.43. The number of allylic oxidation sites excluding steroid dienone is 4. The Bertz CT molecular complexity index is 873. The fourth-order valence-electron chi connectivity index (χ4n) is 9.86. The molecular formula is C32H52O2. The maximum atomic E-state index is 11.8. The van der Waals surface area contributed by atoms with E-state index >= 15 is 0 Å². The molecule has 4 rings (SSSR count). The van der Waals surface area contributed by atoms with Crippen molar-refractivity contribution in [1.29, 1.82) is 0 Å². The third-order valence-corrected chi connectivity index (χ3v) is 11.9. The lowest BCUT2D eigenvalue weighted by molar-refractivity contribution is -0.167. The van der Waals surface area contributed by atoms with Crippen molar-refractivity contribution in [2.24, 2.45) is 39.4 Å². The molecule has 0 amide bonds. The van der Waals surface area contributed by atoms with Crippen LogP contribution < -0.4 is 0 Å². The van der Waals surface area contributed by atoms with Gasteiger partial charge in [0.25, 0.3) is 0 Å². The van der Waals surface area contributed by atoms with Gasteiger partial charge in [0.2, 0.25) is 0 Å². The number of rotatable bonds is 5. The van der Waals surface area contributed by atoms with Gasteiger partial charge in [0.05, 0.1) is 0 Å². The zero-order chi connectivity index (χ0) is 25.1. The molecule has 0 aromatic heterocycles. The minimum Gasteiger partial charge on any atom is -0.462 e. The molecule has 0 heterocycles. The molecule has 0 bridgehead atoms. The molecule has 0 saturated heterocycles. The Balaban J connectivity index is 1.63. The van der Waals surface area contributed by atoms with Gasteiger partial charge >= 0.3 is 5.97 Å². The monoisotopic (exact) mass is 468 g/mol. The molecular weight excluding hydrogens is 416 g/mol. The molecule has 0 aromatic rings. The average molecular weight is 469 g/mol. The lowest BCUT2D eigenvalue weighted by Gasteiger charge is -2.62. The van der Waals surface area contributed by atoms with E-state index in [9.17, 15) is 4.79 Å². The van der Waals surface area contributed by atoms with Gasteiger partial charge < -0.3 is 4.74 Å². The van der Waals surface area contributed by atoms with Crippen LogP contribution in [0.15, 0.2) is 22.8 Å². The maximum absolute atomic E-state index is 11.8. The standard InChI is InChI=1S/C32H52O2/c1-21(2)11-10-12-22(3)24-15-19-32(9)26-13-14-27-29(5,6)28(34-23(4)33)17-18-30(27,7)25(26)16-20-31(24,32)8/h11,22,24,27-28H,10,12-20H2,1-9H3/t22-,24-,27-,28+,30+,31-,32+/m1/s1. The summed E-state index contributed by atoms with van der Waals surface area (Å²) in [5.74, 6) is 2.13. The van der Waals surface area contributed by atoms with Crippen LogP contribution in [0.2, 0.25) is 0 Å². The van der Waals surface area contributed by atoms with Gasteiger partial charge in [-0.2, -0.15) is 0 Å². The summed E-state index contributed by atoms with van der Waals surface area (Å²) in [6.07, 6.45) is 15.2. The van der Waals surface area contributed by atoms with Gasteiger partial charge in [-0.05, 0) is 112 Å². The van der Waals surface area contributed by atoms with E-state index in [4.69, 9.17) is 4.74 Å². The molecule has 2 saturated carbocycles. The van der Waals surface area contributed by atoms with Crippen LogP contribution in [0.4, 0.5) is 0 Å². The molecule has 0 spiro atoms. The zero-order valence-corrected chi connectivity index (χ0v) is 23.8. The number of carbonyl (C=O) groups excluding carboxylic acids is 1. The van der Waals surface area contributed by atoms with Gasteiger partial charge in [0.1, 0.15) is 6.10 Å². The highest BCUT2D eigenvalue weighted by Crippen LogP contribution is 2.72. The summed E-state index contributed by atoms with van der Waals surface area (Å²) in [4.78, 5) is 11.8. The van der Waals surface area contributed by atoms with Gasteiger partial charge in [-0.25, -0.2) is 0 Å². The number of carbonyl (C=O) groups is 1. The van der Waals surface area contributed by atoms with Crippen molar-refractivity contribution in [3.63, 3.8) is 0 Å². The molecule has 4 aliphatic rings. The van der Waals surface area contributed by atoms with Crippen molar-refractivity contribution in [3.8, 4) is 0 Å². The van der Waals surface area contributed by atoms with Crippen molar-refractivity contribution in [1.82, 2.24) is 0 Å². The largest absolute Gasteiger partial charge is 0.462 e. The van der Waals surface area contributed by atoms with Gasteiger partial charge in [-0.1, -0.05) is 64.3 Å². The minimum absolute atomic E-state index is 0.0382. The second-order valence-electron chi connectivity index (χ2n) is 14.2. The van der Waals surface area contributed by atoms with Crippen molar-refractivity contribution in [2.45, 2.75) is 133 Å². The molecule has 2 nitrogen and oxygen atoms in total. The normalized spacial score (nSPS) is 41.7. The van der Waals surface area contributed by atoms with E-state index < -0.39 is 0 Å². The molecule has 0 aromatic carbocycles. The topological polar surface area (TPSA) is 26.3 Å². The first kappa shape index (κ1) is 26.0. The molecule has 0 aliphatic heterocycles. The third-order valence-electron chi connectivity index (χ3n) is 11.9. The Labute approximate surface area is 210 Å². The second-order valence-corrected chi connectivity index (χ2v) is 14.2. The summed E-state index contributed by atoms with van der Waals surface area (Å²) >= 11 is 0. The highest BCUT2D eigenvalue weighted by Gasteiger charge is 2.63. The molecule has 0 radical (unpaired) electrons. The van der Waals surface area contributed by atoms with Crippen LogP contribution in [0.1, 0.15) is 127 Å². The van der Waals surface area contributed by atoms with Gasteiger partial charge in [-0.15, -0.1) is 0 Å². The zero-order valence-electron chi connectivity index (χ0n) is 23.8. The molecule has 4 aliphatic carbocycles. The fourth-order valence-corrected chi connectivity index (χ4v) is 9.86. The van der Waals surface area contributed by atoms with Gasteiger partial charge in [0, 0.05) is 12.3 Å². The molecule has 2 heteroatoms. The molecule has 0 unspecified atom stereocenters. The maximum Gasteiger partial charge on any atom is 0.302 e. The van der Waals surface area contributed by atoms with Gasteiger partial charge in [-0.3, -0.25) is 4.79 Å². The van der Waals surface area contributed by atoms with Crippen molar-refractivity contribution in [3.05, 3.63) is 22.8 Å². The first-order valence-electron chi connectivity index (χ1n) is 14.3.